The lowest BCUT2D eigenvalue weighted by atomic mass is 9.93. The summed E-state index contributed by atoms with van der Waals surface area (Å²) >= 11 is 0. The molecule has 0 saturated heterocycles. The van der Waals surface area contributed by atoms with E-state index in [1.54, 1.807) is 4.90 Å². The molecule has 1 N–H and O–H groups in total. The number of nitro groups is 1. The first-order chi connectivity index (χ1) is 15.9. The predicted molar refractivity (Wildman–Crippen MR) is 123 cm³/mol. The summed E-state index contributed by atoms with van der Waals surface area (Å²) < 4.78 is 5.72. The molecular formula is C25H23N3O5. The zero-order valence-electron chi connectivity index (χ0n) is 18.0. The number of hydrogen-bond donors (Lipinski definition) is 1. The van der Waals surface area contributed by atoms with Crippen LogP contribution in [0.2, 0.25) is 0 Å². The Morgan fingerprint density at radius 2 is 1.70 bits per heavy atom. The molecule has 2 amide bonds. The molecule has 33 heavy (non-hydrogen) atoms. The number of fused-ring (bicyclic) bond motifs is 1. The van der Waals surface area contributed by atoms with Crippen LogP contribution in [-0.2, 0) is 11.3 Å². The Bertz CT molecular complexity index is 1160. The van der Waals surface area contributed by atoms with Crippen molar-refractivity contribution in [3.8, 4) is 0 Å². The molecule has 3 aromatic carbocycles. The molecule has 1 aliphatic rings. The maximum absolute atomic E-state index is 13.3. The summed E-state index contributed by atoms with van der Waals surface area (Å²) in [7, 11) is 0. The second-order valence-electron chi connectivity index (χ2n) is 7.86. The van der Waals surface area contributed by atoms with E-state index in [1.807, 2.05) is 61.5 Å². The van der Waals surface area contributed by atoms with Crippen LogP contribution < -0.4 is 10.2 Å². The van der Waals surface area contributed by atoms with Gasteiger partial charge in [-0.05, 0) is 30.7 Å². The average molecular weight is 445 g/mol. The van der Waals surface area contributed by atoms with Gasteiger partial charge in [-0.1, -0.05) is 48.5 Å². The lowest BCUT2D eigenvalue weighted by Gasteiger charge is -2.39. The smallest absolute Gasteiger partial charge is 0.408 e. The molecule has 4 rings (SSSR count). The summed E-state index contributed by atoms with van der Waals surface area (Å²) in [6.07, 6.45) is -0.608. The van der Waals surface area contributed by atoms with Gasteiger partial charge in [0.1, 0.15) is 6.10 Å². The second-order valence-corrected chi connectivity index (χ2v) is 7.86. The SMILES string of the molecule is C[C@H]1C[C@@H](OC(=O)NCc2ccccc2)c2ccccc2N1C(=O)c1ccc([N+](=O)[O-])cc1. The highest BCUT2D eigenvalue weighted by Gasteiger charge is 2.36. The molecule has 0 unspecified atom stereocenters. The molecule has 0 fully saturated rings. The number of nitrogens with one attached hydrogen (secondary N) is 1. The minimum atomic E-state index is -0.527. The molecule has 1 heterocycles. The van der Waals surface area contributed by atoms with Crippen molar-refractivity contribution in [1.29, 1.82) is 0 Å². The summed E-state index contributed by atoms with van der Waals surface area (Å²) in [5.74, 6) is -0.267. The van der Waals surface area contributed by atoms with Crippen LogP contribution in [0.4, 0.5) is 16.2 Å². The number of para-hydroxylation sites is 1. The monoisotopic (exact) mass is 445 g/mol. The van der Waals surface area contributed by atoms with Gasteiger partial charge in [0, 0.05) is 42.3 Å². The van der Waals surface area contributed by atoms with Crippen LogP contribution in [0.5, 0.6) is 0 Å². The van der Waals surface area contributed by atoms with E-state index in [4.69, 9.17) is 4.74 Å². The Morgan fingerprint density at radius 3 is 2.39 bits per heavy atom. The molecule has 168 valence electrons. The van der Waals surface area contributed by atoms with Gasteiger partial charge in [-0.25, -0.2) is 4.79 Å². The molecule has 0 aromatic heterocycles. The fourth-order valence-electron chi connectivity index (χ4n) is 3.99. The summed E-state index contributed by atoms with van der Waals surface area (Å²) in [6.45, 7) is 2.24. The largest absolute Gasteiger partial charge is 0.441 e. The lowest BCUT2D eigenvalue weighted by Crippen LogP contribution is -2.44. The minimum Gasteiger partial charge on any atom is -0.441 e. The Kier molecular flexibility index (Phi) is 6.35. The van der Waals surface area contributed by atoms with Crippen LogP contribution in [0.3, 0.4) is 0 Å². The van der Waals surface area contributed by atoms with E-state index in [0.29, 0.717) is 24.2 Å². The molecule has 0 radical (unpaired) electrons. The number of nitrogens with zero attached hydrogens (tertiary/aromatic N) is 2. The van der Waals surface area contributed by atoms with Gasteiger partial charge in [0.2, 0.25) is 0 Å². The normalized spacial score (nSPS) is 17.1. The van der Waals surface area contributed by atoms with Crippen molar-refractivity contribution in [3.63, 3.8) is 0 Å². The van der Waals surface area contributed by atoms with E-state index in [1.165, 1.54) is 24.3 Å². The van der Waals surface area contributed by atoms with E-state index in [0.717, 1.165) is 11.1 Å². The number of nitro benzene ring substituents is 1. The molecule has 2 atom stereocenters. The number of benzene rings is 3. The van der Waals surface area contributed by atoms with E-state index < -0.39 is 17.1 Å². The molecule has 0 saturated carbocycles. The van der Waals surface area contributed by atoms with Crippen molar-refractivity contribution in [3.05, 3.63) is 106 Å². The molecule has 8 nitrogen and oxygen atoms in total. The van der Waals surface area contributed by atoms with Crippen molar-refractivity contribution in [2.24, 2.45) is 0 Å². The van der Waals surface area contributed by atoms with Crippen molar-refractivity contribution >= 4 is 23.4 Å². The van der Waals surface area contributed by atoms with E-state index >= 15 is 0 Å². The average Bonchev–Trinajstić information content (AvgIpc) is 2.83. The number of amides is 2. The molecule has 3 aromatic rings. The first-order valence-electron chi connectivity index (χ1n) is 10.6. The quantitative estimate of drug-likeness (QED) is 0.440. The van der Waals surface area contributed by atoms with Gasteiger partial charge in [0.25, 0.3) is 11.6 Å². The van der Waals surface area contributed by atoms with Gasteiger partial charge in [0.05, 0.1) is 10.6 Å². The number of hydrogen-bond acceptors (Lipinski definition) is 5. The fourth-order valence-corrected chi connectivity index (χ4v) is 3.99. The zero-order chi connectivity index (χ0) is 23.4. The van der Waals surface area contributed by atoms with Crippen LogP contribution in [0.25, 0.3) is 0 Å². The van der Waals surface area contributed by atoms with E-state index in [9.17, 15) is 19.7 Å². The van der Waals surface area contributed by atoms with Crippen molar-refractivity contribution in [1.82, 2.24) is 5.32 Å². The summed E-state index contributed by atoms with van der Waals surface area (Å²) in [6, 6.07) is 22.1. The highest BCUT2D eigenvalue weighted by atomic mass is 16.6. The van der Waals surface area contributed by atoms with Crippen molar-refractivity contribution < 1.29 is 19.2 Å². The summed E-state index contributed by atoms with van der Waals surface area (Å²) in [4.78, 5) is 37.8. The van der Waals surface area contributed by atoms with Gasteiger partial charge < -0.3 is 15.0 Å². The third-order valence-corrected chi connectivity index (χ3v) is 5.61. The van der Waals surface area contributed by atoms with E-state index in [-0.39, 0.29) is 17.6 Å². The third kappa shape index (κ3) is 4.85. The molecular weight excluding hydrogens is 422 g/mol. The number of carbonyl (C=O) groups excluding carboxylic acids is 2. The molecule has 8 heteroatoms. The standard InChI is InChI=1S/C25H23N3O5/c1-17-15-23(33-25(30)26-16-18-7-3-2-4-8-18)21-9-5-6-10-22(21)27(17)24(29)19-11-13-20(14-12-19)28(31)32/h2-14,17,23H,15-16H2,1H3,(H,26,30)/t17-,23+/m0/s1. The van der Waals surface area contributed by atoms with Crippen LogP contribution in [0, 0.1) is 10.1 Å². The maximum atomic E-state index is 13.3. The first-order valence-corrected chi connectivity index (χ1v) is 10.6. The van der Waals surface area contributed by atoms with Crippen molar-refractivity contribution in [2.75, 3.05) is 4.90 Å². The Balaban J connectivity index is 1.51. The van der Waals surface area contributed by atoms with E-state index in [2.05, 4.69) is 5.32 Å². The van der Waals surface area contributed by atoms with Crippen LogP contribution in [-0.4, -0.2) is 23.0 Å². The van der Waals surface area contributed by atoms with Crippen LogP contribution in [0.15, 0.2) is 78.9 Å². The highest BCUT2D eigenvalue weighted by Crippen LogP contribution is 2.39. The topological polar surface area (TPSA) is 102 Å². The number of carbonyl (C=O) groups is 2. The zero-order valence-corrected chi connectivity index (χ0v) is 18.0. The number of ether oxygens (including phenoxy) is 1. The first kappa shape index (κ1) is 22.0. The van der Waals surface area contributed by atoms with Crippen LogP contribution >= 0.6 is 0 Å². The molecule has 0 aliphatic carbocycles. The highest BCUT2D eigenvalue weighted by molar-refractivity contribution is 6.07. The molecule has 1 aliphatic heterocycles. The van der Waals surface area contributed by atoms with Crippen LogP contribution in [0.1, 0.15) is 40.9 Å². The lowest BCUT2D eigenvalue weighted by molar-refractivity contribution is -0.384. The van der Waals surface area contributed by atoms with Gasteiger partial charge in [-0.3, -0.25) is 14.9 Å². The number of anilines is 1. The van der Waals surface area contributed by atoms with Gasteiger partial charge in [-0.15, -0.1) is 0 Å². The van der Waals surface area contributed by atoms with Gasteiger partial charge in [-0.2, -0.15) is 0 Å². The van der Waals surface area contributed by atoms with Crippen molar-refractivity contribution in [2.45, 2.75) is 32.0 Å². The Hall–Kier alpha value is -4.20. The summed E-state index contributed by atoms with van der Waals surface area (Å²) in [5.41, 5.74) is 2.63. The predicted octanol–water partition coefficient (Wildman–Crippen LogP) is 5.00. The molecule has 0 spiro atoms. The maximum Gasteiger partial charge on any atom is 0.408 e. The Labute approximate surface area is 190 Å². The number of alkyl carbamates (subject to hydrolysis) is 1. The summed E-state index contributed by atoms with van der Waals surface area (Å²) in [5, 5.41) is 13.7. The number of non-ortho nitro benzene ring substituents is 1. The second kappa shape index (κ2) is 9.52. The van der Waals surface area contributed by atoms with Gasteiger partial charge >= 0.3 is 6.09 Å². The minimum absolute atomic E-state index is 0.0754. The number of rotatable bonds is 5. The molecule has 0 bridgehead atoms. The fraction of sp³-hybridized carbons (Fsp3) is 0.200. The Morgan fingerprint density at radius 1 is 1.03 bits per heavy atom. The van der Waals surface area contributed by atoms with Gasteiger partial charge in [0.15, 0.2) is 0 Å². The third-order valence-electron chi connectivity index (χ3n) is 5.61.